The van der Waals surface area contributed by atoms with E-state index in [0.29, 0.717) is 12.2 Å². The lowest BCUT2D eigenvalue weighted by molar-refractivity contribution is -1.02. The first-order valence-electron chi connectivity index (χ1n) is 9.15. The van der Waals surface area contributed by atoms with Crippen molar-refractivity contribution >= 4 is 11.6 Å². The van der Waals surface area contributed by atoms with Crippen molar-refractivity contribution in [3.05, 3.63) is 35.7 Å². The number of ether oxygens (including phenoxy) is 2. The predicted octanol–water partition coefficient (Wildman–Crippen LogP) is -0.773. The van der Waals surface area contributed by atoms with E-state index in [-0.39, 0.29) is 17.4 Å². The summed E-state index contributed by atoms with van der Waals surface area (Å²) in [6, 6.07) is 6.15. The molecule has 1 amide bonds. The van der Waals surface area contributed by atoms with E-state index < -0.39 is 6.29 Å². The zero-order chi connectivity index (χ0) is 19.7. The van der Waals surface area contributed by atoms with Gasteiger partial charge in [-0.15, -0.1) is 8.78 Å². The number of halogens is 2. The summed E-state index contributed by atoms with van der Waals surface area (Å²) in [5.74, 6) is 0.504. The molecule has 2 aliphatic heterocycles. The van der Waals surface area contributed by atoms with Crippen LogP contribution in [0, 0.1) is 6.92 Å². The standard InChI is InChI=1S/C18H20F2N4O4/c1-12-8-14(22-28-12)10-23-4-6-24(7-5-23)11-17(25)21-13-2-3-15-16(9-13)27-18(19,20)26-15/h2-3,8-9H,4-7,10-11H2,1H3,(H,21,25)/p+2. The van der Waals surface area contributed by atoms with Crippen LogP contribution in [0.5, 0.6) is 11.5 Å². The molecule has 3 N–H and O–H groups in total. The first kappa shape index (κ1) is 18.6. The van der Waals surface area contributed by atoms with Crippen LogP contribution < -0.4 is 24.6 Å². The van der Waals surface area contributed by atoms with E-state index in [9.17, 15) is 13.6 Å². The SMILES string of the molecule is Cc1cc(C[NH+]2CC[NH+](CC(=O)Nc3ccc4c(c3)OC(F)(F)O4)CC2)no1. The Hall–Kier alpha value is -2.72. The first-order valence-corrected chi connectivity index (χ1v) is 9.15. The second kappa shape index (κ2) is 7.36. The Morgan fingerprint density at radius 2 is 1.86 bits per heavy atom. The van der Waals surface area contributed by atoms with Gasteiger partial charge in [-0.05, 0) is 19.1 Å². The molecule has 0 bridgehead atoms. The number of benzene rings is 1. The first-order chi connectivity index (χ1) is 13.4. The van der Waals surface area contributed by atoms with E-state index in [1.807, 2.05) is 13.0 Å². The van der Waals surface area contributed by atoms with Crippen molar-refractivity contribution in [2.45, 2.75) is 19.8 Å². The zero-order valence-electron chi connectivity index (χ0n) is 15.4. The smallest absolute Gasteiger partial charge is 0.395 e. The molecule has 0 aliphatic carbocycles. The van der Waals surface area contributed by atoms with Crippen molar-refractivity contribution in [3.8, 4) is 11.5 Å². The molecule has 0 atom stereocenters. The molecule has 0 unspecified atom stereocenters. The normalized spacial score (nSPS) is 22.8. The number of hydrogen-bond donors (Lipinski definition) is 3. The van der Waals surface area contributed by atoms with Crippen molar-refractivity contribution in [2.75, 3.05) is 38.0 Å². The van der Waals surface area contributed by atoms with Crippen LogP contribution in [0.4, 0.5) is 14.5 Å². The van der Waals surface area contributed by atoms with Crippen LogP contribution >= 0.6 is 0 Å². The topological polar surface area (TPSA) is 82.5 Å². The van der Waals surface area contributed by atoms with Gasteiger partial charge < -0.3 is 29.1 Å². The maximum Gasteiger partial charge on any atom is 0.586 e. The van der Waals surface area contributed by atoms with Gasteiger partial charge in [-0.1, -0.05) is 5.16 Å². The number of aryl methyl sites for hydroxylation is 1. The van der Waals surface area contributed by atoms with Crippen molar-refractivity contribution in [2.24, 2.45) is 0 Å². The molecule has 3 heterocycles. The van der Waals surface area contributed by atoms with Gasteiger partial charge >= 0.3 is 6.29 Å². The van der Waals surface area contributed by atoms with Gasteiger partial charge in [0.15, 0.2) is 18.0 Å². The molecule has 1 aromatic carbocycles. The Kier molecular flexibility index (Phi) is 4.90. The summed E-state index contributed by atoms with van der Waals surface area (Å²) >= 11 is 0. The summed E-state index contributed by atoms with van der Waals surface area (Å²) in [5, 5.41) is 6.76. The van der Waals surface area contributed by atoms with Crippen molar-refractivity contribution in [1.82, 2.24) is 5.16 Å². The fraction of sp³-hybridized carbons (Fsp3) is 0.444. The maximum absolute atomic E-state index is 13.1. The minimum Gasteiger partial charge on any atom is -0.395 e. The van der Waals surface area contributed by atoms with Gasteiger partial charge in [0.1, 0.15) is 44.2 Å². The summed E-state index contributed by atoms with van der Waals surface area (Å²) in [7, 11) is 0. The molecule has 2 aromatic rings. The number of carbonyl (C=O) groups is 1. The Labute approximate surface area is 160 Å². The highest BCUT2D eigenvalue weighted by atomic mass is 19.3. The third-order valence-electron chi connectivity index (χ3n) is 4.87. The highest BCUT2D eigenvalue weighted by Crippen LogP contribution is 2.42. The van der Waals surface area contributed by atoms with Crippen molar-refractivity contribution < 1.29 is 37.4 Å². The number of nitrogens with one attached hydrogen (secondary N) is 3. The molecule has 10 heteroatoms. The lowest BCUT2D eigenvalue weighted by atomic mass is 10.2. The fourth-order valence-electron chi connectivity index (χ4n) is 3.53. The minimum atomic E-state index is -3.66. The lowest BCUT2D eigenvalue weighted by Crippen LogP contribution is -3.28. The van der Waals surface area contributed by atoms with Crippen LogP contribution in [0.1, 0.15) is 11.5 Å². The summed E-state index contributed by atoms with van der Waals surface area (Å²) < 4.78 is 40.0. The number of alkyl halides is 2. The molecule has 1 saturated heterocycles. The average molecular weight is 396 g/mol. The van der Waals surface area contributed by atoms with Crippen LogP contribution in [-0.2, 0) is 11.3 Å². The third kappa shape index (κ3) is 4.39. The molecule has 1 aromatic heterocycles. The zero-order valence-corrected chi connectivity index (χ0v) is 15.4. The number of piperazine rings is 1. The molecular weight excluding hydrogens is 374 g/mol. The van der Waals surface area contributed by atoms with Crippen LogP contribution in [0.2, 0.25) is 0 Å². The molecule has 2 aliphatic rings. The minimum absolute atomic E-state index is 0.0463. The van der Waals surface area contributed by atoms with E-state index in [1.54, 1.807) is 0 Å². The number of carbonyl (C=O) groups excluding carboxylic acids is 1. The molecule has 0 radical (unpaired) electrons. The molecule has 1 fully saturated rings. The van der Waals surface area contributed by atoms with E-state index in [4.69, 9.17) is 4.52 Å². The molecule has 28 heavy (non-hydrogen) atoms. The average Bonchev–Trinajstić information content (AvgIpc) is 3.17. The van der Waals surface area contributed by atoms with E-state index >= 15 is 0 Å². The predicted molar refractivity (Wildman–Crippen MR) is 92.5 cm³/mol. The summed E-state index contributed by atoms with van der Waals surface area (Å²) in [6.45, 7) is 6.62. The van der Waals surface area contributed by atoms with Gasteiger partial charge in [-0.2, -0.15) is 0 Å². The van der Waals surface area contributed by atoms with E-state index in [1.165, 1.54) is 28.0 Å². The quantitative estimate of drug-likeness (QED) is 0.618. The van der Waals surface area contributed by atoms with Gasteiger partial charge in [0.25, 0.3) is 5.91 Å². The van der Waals surface area contributed by atoms with Crippen LogP contribution in [0.3, 0.4) is 0 Å². The van der Waals surface area contributed by atoms with Crippen molar-refractivity contribution in [3.63, 3.8) is 0 Å². The molecule has 0 spiro atoms. The number of quaternary nitrogens is 2. The van der Waals surface area contributed by atoms with Crippen LogP contribution in [0.25, 0.3) is 0 Å². The summed E-state index contributed by atoms with van der Waals surface area (Å²) in [5.41, 5.74) is 1.34. The Balaban J connectivity index is 1.24. The Morgan fingerprint density at radius 1 is 1.14 bits per heavy atom. The van der Waals surface area contributed by atoms with Crippen molar-refractivity contribution in [1.29, 1.82) is 0 Å². The van der Waals surface area contributed by atoms with Crippen LogP contribution in [-0.4, -0.2) is 50.1 Å². The number of fused-ring (bicyclic) bond motifs is 1. The number of nitrogens with zero attached hydrogens (tertiary/aromatic N) is 1. The number of rotatable bonds is 5. The monoisotopic (exact) mass is 396 g/mol. The second-order valence-electron chi connectivity index (χ2n) is 7.16. The summed E-state index contributed by atoms with van der Waals surface area (Å²) in [4.78, 5) is 14.9. The largest absolute Gasteiger partial charge is 0.586 e. The Morgan fingerprint density at radius 3 is 2.57 bits per heavy atom. The van der Waals surface area contributed by atoms with Gasteiger partial charge in [-0.25, -0.2) is 0 Å². The second-order valence-corrected chi connectivity index (χ2v) is 7.16. The summed E-state index contributed by atoms with van der Waals surface area (Å²) in [6.07, 6.45) is -3.66. The van der Waals surface area contributed by atoms with Gasteiger partial charge in [-0.3, -0.25) is 4.79 Å². The van der Waals surface area contributed by atoms with Crippen LogP contribution in [0.15, 0.2) is 28.8 Å². The number of hydrogen-bond acceptors (Lipinski definition) is 5. The molecule has 4 rings (SSSR count). The van der Waals surface area contributed by atoms with Gasteiger partial charge in [0, 0.05) is 17.8 Å². The molecule has 8 nitrogen and oxygen atoms in total. The number of aromatic nitrogens is 1. The van der Waals surface area contributed by atoms with E-state index in [2.05, 4.69) is 19.9 Å². The number of anilines is 1. The molecular formula is C18H22F2N4O4+2. The third-order valence-corrected chi connectivity index (χ3v) is 4.87. The maximum atomic E-state index is 13.1. The Bertz CT molecular complexity index is 865. The number of amides is 1. The lowest BCUT2D eigenvalue weighted by Gasteiger charge is -2.28. The molecule has 150 valence electrons. The highest BCUT2D eigenvalue weighted by Gasteiger charge is 2.43. The van der Waals surface area contributed by atoms with E-state index in [0.717, 1.165) is 44.2 Å². The highest BCUT2D eigenvalue weighted by molar-refractivity contribution is 5.91. The fourth-order valence-corrected chi connectivity index (χ4v) is 3.53. The van der Waals surface area contributed by atoms with Gasteiger partial charge in [0.05, 0.1) is 0 Å². The van der Waals surface area contributed by atoms with Gasteiger partial charge in [0.2, 0.25) is 0 Å². The molecule has 0 saturated carbocycles.